The lowest BCUT2D eigenvalue weighted by molar-refractivity contribution is 0.385. The van der Waals surface area contributed by atoms with Crippen molar-refractivity contribution in [2.75, 3.05) is 14.2 Å². The lowest BCUT2D eigenvalue weighted by atomic mass is 10.1. The minimum absolute atomic E-state index is 0.497. The van der Waals surface area contributed by atoms with Crippen molar-refractivity contribution >= 4 is 0 Å². The first kappa shape index (κ1) is 10.9. The molecule has 0 bridgehead atoms. The summed E-state index contributed by atoms with van der Waals surface area (Å²) in [6.07, 6.45) is 0.886. The molecule has 0 aliphatic carbocycles. The Kier molecular flexibility index (Phi) is 3.77. The number of ether oxygens (including phenoxy) is 2. The van der Waals surface area contributed by atoms with Gasteiger partial charge in [-0.3, -0.25) is 0 Å². The maximum Gasteiger partial charge on any atom is 0.126 e. The molecule has 14 heavy (non-hydrogen) atoms. The molecule has 0 spiro atoms. The highest BCUT2D eigenvalue weighted by Gasteiger charge is 2.09. The quantitative estimate of drug-likeness (QED) is 0.795. The first-order chi connectivity index (χ1) is 6.76. The van der Waals surface area contributed by atoms with Gasteiger partial charge in [0.05, 0.1) is 14.2 Å². The van der Waals surface area contributed by atoms with Gasteiger partial charge in [0.15, 0.2) is 0 Å². The van der Waals surface area contributed by atoms with Crippen LogP contribution in [0, 0.1) is 0 Å². The zero-order valence-corrected chi connectivity index (χ0v) is 8.96. The minimum Gasteiger partial charge on any atom is -0.496 e. The maximum absolute atomic E-state index is 5.58. The van der Waals surface area contributed by atoms with Crippen LogP contribution in [0.1, 0.15) is 18.1 Å². The van der Waals surface area contributed by atoms with E-state index in [9.17, 15) is 0 Å². The number of methoxy groups -OCH3 is 2. The molecule has 0 amide bonds. The van der Waals surface area contributed by atoms with Gasteiger partial charge in [0.2, 0.25) is 0 Å². The second kappa shape index (κ2) is 4.86. The molecule has 0 heterocycles. The SMILES string of the molecule is CCc1c(OC)cc(CN)cc1OC. The van der Waals surface area contributed by atoms with E-state index >= 15 is 0 Å². The minimum atomic E-state index is 0.497. The Morgan fingerprint density at radius 1 is 1.14 bits per heavy atom. The van der Waals surface area contributed by atoms with Crippen LogP contribution in [0.3, 0.4) is 0 Å². The van der Waals surface area contributed by atoms with Crippen molar-refractivity contribution in [2.24, 2.45) is 5.73 Å². The Hall–Kier alpha value is -1.22. The molecule has 1 aromatic carbocycles. The molecule has 78 valence electrons. The fraction of sp³-hybridized carbons (Fsp3) is 0.455. The van der Waals surface area contributed by atoms with Crippen molar-refractivity contribution in [3.63, 3.8) is 0 Å². The molecule has 0 fully saturated rings. The molecule has 0 saturated carbocycles. The summed E-state index contributed by atoms with van der Waals surface area (Å²) in [5.41, 5.74) is 7.69. The van der Waals surface area contributed by atoms with Crippen LogP contribution in [0.4, 0.5) is 0 Å². The van der Waals surface area contributed by atoms with E-state index in [4.69, 9.17) is 15.2 Å². The van der Waals surface area contributed by atoms with E-state index in [2.05, 4.69) is 6.92 Å². The van der Waals surface area contributed by atoms with Gasteiger partial charge in [-0.05, 0) is 24.1 Å². The van der Waals surface area contributed by atoms with Crippen molar-refractivity contribution in [3.05, 3.63) is 23.3 Å². The van der Waals surface area contributed by atoms with Crippen LogP contribution in [0.5, 0.6) is 11.5 Å². The summed E-state index contributed by atoms with van der Waals surface area (Å²) in [6.45, 7) is 2.57. The molecule has 0 aliphatic rings. The third-order valence-electron chi connectivity index (χ3n) is 2.26. The van der Waals surface area contributed by atoms with Crippen molar-refractivity contribution in [3.8, 4) is 11.5 Å². The Labute approximate surface area is 84.8 Å². The summed E-state index contributed by atoms with van der Waals surface area (Å²) in [7, 11) is 3.32. The summed E-state index contributed by atoms with van der Waals surface area (Å²) < 4.78 is 10.6. The smallest absolute Gasteiger partial charge is 0.126 e. The Morgan fingerprint density at radius 3 is 1.93 bits per heavy atom. The second-order valence-corrected chi connectivity index (χ2v) is 3.04. The molecule has 2 N–H and O–H groups in total. The molecule has 0 aliphatic heterocycles. The zero-order valence-electron chi connectivity index (χ0n) is 8.96. The van der Waals surface area contributed by atoms with E-state index in [-0.39, 0.29) is 0 Å². The van der Waals surface area contributed by atoms with Gasteiger partial charge < -0.3 is 15.2 Å². The molecule has 0 radical (unpaired) electrons. The number of hydrogen-bond donors (Lipinski definition) is 1. The molecule has 0 aromatic heterocycles. The standard InChI is InChI=1S/C11H17NO2/c1-4-9-10(13-2)5-8(7-12)6-11(9)14-3/h5-6H,4,7,12H2,1-3H3. The highest BCUT2D eigenvalue weighted by atomic mass is 16.5. The molecule has 0 unspecified atom stereocenters. The summed E-state index contributed by atoms with van der Waals surface area (Å²) in [5.74, 6) is 1.71. The Morgan fingerprint density at radius 2 is 1.64 bits per heavy atom. The average molecular weight is 195 g/mol. The van der Waals surface area contributed by atoms with Crippen LogP contribution >= 0.6 is 0 Å². The van der Waals surface area contributed by atoms with Gasteiger partial charge in [0.1, 0.15) is 11.5 Å². The van der Waals surface area contributed by atoms with Gasteiger partial charge in [0, 0.05) is 12.1 Å². The first-order valence-corrected chi connectivity index (χ1v) is 4.70. The second-order valence-electron chi connectivity index (χ2n) is 3.04. The number of hydrogen-bond acceptors (Lipinski definition) is 3. The highest BCUT2D eigenvalue weighted by molar-refractivity contribution is 5.48. The van der Waals surface area contributed by atoms with Crippen molar-refractivity contribution in [1.82, 2.24) is 0 Å². The number of rotatable bonds is 4. The van der Waals surface area contributed by atoms with E-state index in [0.29, 0.717) is 6.54 Å². The number of nitrogens with two attached hydrogens (primary N) is 1. The molecule has 1 rings (SSSR count). The van der Waals surface area contributed by atoms with Crippen molar-refractivity contribution < 1.29 is 9.47 Å². The van der Waals surface area contributed by atoms with E-state index in [1.54, 1.807) is 14.2 Å². The van der Waals surface area contributed by atoms with Gasteiger partial charge in [0.25, 0.3) is 0 Å². The fourth-order valence-electron chi connectivity index (χ4n) is 1.50. The van der Waals surface area contributed by atoms with Crippen molar-refractivity contribution in [2.45, 2.75) is 19.9 Å². The normalized spacial score (nSPS) is 10.0. The van der Waals surface area contributed by atoms with Gasteiger partial charge >= 0.3 is 0 Å². The summed E-state index contributed by atoms with van der Waals surface area (Å²) >= 11 is 0. The lowest BCUT2D eigenvalue weighted by Crippen LogP contribution is -2.01. The zero-order chi connectivity index (χ0) is 10.6. The molecule has 3 heteroatoms. The topological polar surface area (TPSA) is 44.5 Å². The van der Waals surface area contributed by atoms with Crippen LogP contribution in [0.2, 0.25) is 0 Å². The Balaban J connectivity index is 3.24. The van der Waals surface area contributed by atoms with Gasteiger partial charge in [-0.2, -0.15) is 0 Å². The highest BCUT2D eigenvalue weighted by Crippen LogP contribution is 2.30. The van der Waals surface area contributed by atoms with E-state index in [1.807, 2.05) is 12.1 Å². The molecule has 0 atom stereocenters. The predicted molar refractivity (Wildman–Crippen MR) is 56.8 cm³/mol. The monoisotopic (exact) mass is 195 g/mol. The van der Waals surface area contributed by atoms with Crippen LogP contribution in [-0.2, 0) is 13.0 Å². The lowest BCUT2D eigenvalue weighted by Gasteiger charge is -2.13. The van der Waals surface area contributed by atoms with Gasteiger partial charge in [-0.1, -0.05) is 6.92 Å². The third kappa shape index (κ3) is 1.99. The molecule has 3 nitrogen and oxygen atoms in total. The molecular formula is C11H17NO2. The van der Waals surface area contributed by atoms with E-state index in [1.165, 1.54) is 0 Å². The maximum atomic E-state index is 5.58. The molecular weight excluding hydrogens is 178 g/mol. The summed E-state index contributed by atoms with van der Waals surface area (Å²) in [5, 5.41) is 0. The summed E-state index contributed by atoms with van der Waals surface area (Å²) in [6, 6.07) is 3.92. The summed E-state index contributed by atoms with van der Waals surface area (Å²) in [4.78, 5) is 0. The largest absolute Gasteiger partial charge is 0.496 e. The third-order valence-corrected chi connectivity index (χ3v) is 2.26. The van der Waals surface area contributed by atoms with Crippen LogP contribution < -0.4 is 15.2 Å². The molecule has 0 saturated heterocycles. The van der Waals surface area contributed by atoms with Crippen LogP contribution in [0.15, 0.2) is 12.1 Å². The van der Waals surface area contributed by atoms with Gasteiger partial charge in [-0.25, -0.2) is 0 Å². The van der Waals surface area contributed by atoms with Crippen molar-refractivity contribution in [1.29, 1.82) is 0 Å². The fourth-order valence-corrected chi connectivity index (χ4v) is 1.50. The van der Waals surface area contributed by atoms with E-state index in [0.717, 1.165) is 29.0 Å². The number of benzene rings is 1. The average Bonchev–Trinajstić information content (AvgIpc) is 2.26. The van der Waals surface area contributed by atoms with Crippen LogP contribution in [-0.4, -0.2) is 14.2 Å². The van der Waals surface area contributed by atoms with Gasteiger partial charge in [-0.15, -0.1) is 0 Å². The van der Waals surface area contributed by atoms with Crippen LogP contribution in [0.25, 0.3) is 0 Å². The Bertz CT molecular complexity index is 285. The molecule has 1 aromatic rings. The predicted octanol–water partition coefficient (Wildman–Crippen LogP) is 1.72. The first-order valence-electron chi connectivity index (χ1n) is 4.70. The van der Waals surface area contributed by atoms with E-state index < -0.39 is 0 Å².